The molecule has 1 aromatic heterocycles. The standard InChI is InChI=1S/C24H23NO5/c1-13-21(24(27)28-2)22(15-5-6-20-14(10-15)7-9-30-20)23-17(25-13)11-16(12-18(23)26)19-4-3-8-29-19/h3-6,8,10,16,21-22H,7,9,11-12H2,1-2H3/t16-,21?,22-/m1/s1. The zero-order valence-electron chi connectivity index (χ0n) is 17.0. The highest BCUT2D eigenvalue weighted by Gasteiger charge is 2.45. The SMILES string of the molecule is COC(=O)C1C(C)=NC2=C(C(=O)C[C@H](c3ccco3)C2)[C@@H]1c1ccc2c(c1)CCO2. The maximum atomic E-state index is 13.4. The summed E-state index contributed by atoms with van der Waals surface area (Å²) in [5.74, 6) is 0.265. The molecule has 3 heterocycles. The topological polar surface area (TPSA) is 78.1 Å². The van der Waals surface area contributed by atoms with Crippen LogP contribution in [-0.2, 0) is 20.7 Å². The number of fused-ring (bicyclic) bond motifs is 1. The molecule has 154 valence electrons. The molecule has 30 heavy (non-hydrogen) atoms. The van der Waals surface area contributed by atoms with E-state index in [0.29, 0.717) is 30.7 Å². The number of hydrogen-bond acceptors (Lipinski definition) is 6. The molecule has 0 saturated heterocycles. The van der Waals surface area contributed by atoms with E-state index in [0.717, 1.165) is 34.8 Å². The number of ether oxygens (including phenoxy) is 2. The molecular weight excluding hydrogens is 382 g/mol. The van der Waals surface area contributed by atoms with Crippen LogP contribution in [0.1, 0.15) is 48.5 Å². The first kappa shape index (κ1) is 18.9. The third kappa shape index (κ3) is 2.98. The molecule has 0 bridgehead atoms. The summed E-state index contributed by atoms with van der Waals surface area (Å²) in [4.78, 5) is 30.8. The lowest BCUT2D eigenvalue weighted by Gasteiger charge is -2.36. The Kier molecular flexibility index (Phi) is 4.57. The van der Waals surface area contributed by atoms with Gasteiger partial charge < -0.3 is 13.9 Å². The fourth-order valence-corrected chi connectivity index (χ4v) is 4.98. The van der Waals surface area contributed by atoms with Crippen LogP contribution in [0.3, 0.4) is 0 Å². The van der Waals surface area contributed by atoms with E-state index in [4.69, 9.17) is 18.9 Å². The minimum Gasteiger partial charge on any atom is -0.493 e. The number of esters is 1. The highest BCUT2D eigenvalue weighted by molar-refractivity contribution is 6.09. The molecule has 1 unspecified atom stereocenters. The number of furan rings is 1. The Labute approximate surface area is 174 Å². The van der Waals surface area contributed by atoms with E-state index < -0.39 is 11.8 Å². The number of rotatable bonds is 3. The zero-order chi connectivity index (χ0) is 20.8. The molecule has 5 rings (SSSR count). The summed E-state index contributed by atoms with van der Waals surface area (Å²) in [7, 11) is 1.38. The van der Waals surface area contributed by atoms with Crippen molar-refractivity contribution in [2.45, 2.75) is 38.0 Å². The number of allylic oxidation sites excluding steroid dienone is 2. The van der Waals surface area contributed by atoms with Crippen molar-refractivity contribution in [2.24, 2.45) is 10.9 Å². The molecule has 0 saturated carbocycles. The lowest BCUT2D eigenvalue weighted by atomic mass is 9.69. The molecule has 0 radical (unpaired) electrons. The lowest BCUT2D eigenvalue weighted by Crippen LogP contribution is -2.37. The number of benzene rings is 1. The fraction of sp³-hybridized carbons (Fsp3) is 0.375. The van der Waals surface area contributed by atoms with Gasteiger partial charge in [-0.25, -0.2) is 0 Å². The number of Topliss-reactive ketones (excluding diaryl/α,β-unsaturated/α-hetero) is 1. The largest absolute Gasteiger partial charge is 0.493 e. The number of carbonyl (C=O) groups excluding carboxylic acids is 2. The van der Waals surface area contributed by atoms with Gasteiger partial charge in [0.25, 0.3) is 0 Å². The van der Waals surface area contributed by atoms with Gasteiger partial charge in [-0.2, -0.15) is 0 Å². The monoisotopic (exact) mass is 405 g/mol. The minimum atomic E-state index is -0.613. The van der Waals surface area contributed by atoms with Gasteiger partial charge >= 0.3 is 5.97 Å². The Balaban J connectivity index is 1.62. The van der Waals surface area contributed by atoms with Crippen molar-refractivity contribution < 1.29 is 23.5 Å². The van der Waals surface area contributed by atoms with E-state index in [1.54, 1.807) is 6.26 Å². The van der Waals surface area contributed by atoms with Crippen molar-refractivity contribution in [3.63, 3.8) is 0 Å². The van der Waals surface area contributed by atoms with E-state index in [1.807, 2.05) is 31.2 Å². The maximum Gasteiger partial charge on any atom is 0.315 e. The van der Waals surface area contributed by atoms with Crippen LogP contribution in [0.25, 0.3) is 0 Å². The number of methoxy groups -OCH3 is 1. The van der Waals surface area contributed by atoms with Crippen LogP contribution in [0.5, 0.6) is 5.75 Å². The molecule has 2 aromatic rings. The Bertz CT molecular complexity index is 1080. The first-order valence-corrected chi connectivity index (χ1v) is 10.2. The second-order valence-electron chi connectivity index (χ2n) is 8.10. The molecule has 6 nitrogen and oxygen atoms in total. The highest BCUT2D eigenvalue weighted by atomic mass is 16.5. The van der Waals surface area contributed by atoms with Crippen LogP contribution in [0.15, 0.2) is 57.3 Å². The smallest absolute Gasteiger partial charge is 0.315 e. The van der Waals surface area contributed by atoms with Gasteiger partial charge in [0, 0.05) is 48.1 Å². The van der Waals surface area contributed by atoms with Crippen LogP contribution < -0.4 is 4.74 Å². The quantitative estimate of drug-likeness (QED) is 0.722. The Hall–Kier alpha value is -3.15. The molecule has 0 amide bonds. The van der Waals surface area contributed by atoms with Crippen molar-refractivity contribution in [3.05, 3.63) is 64.8 Å². The third-order valence-corrected chi connectivity index (χ3v) is 6.36. The highest BCUT2D eigenvalue weighted by Crippen LogP contribution is 2.47. The van der Waals surface area contributed by atoms with Gasteiger partial charge in [-0.1, -0.05) is 12.1 Å². The number of nitrogens with zero attached hydrogens (tertiary/aromatic N) is 1. The summed E-state index contributed by atoms with van der Waals surface area (Å²) in [5, 5.41) is 0. The van der Waals surface area contributed by atoms with Gasteiger partial charge in [0.1, 0.15) is 17.4 Å². The van der Waals surface area contributed by atoms with Crippen LogP contribution in [0, 0.1) is 5.92 Å². The number of aliphatic imine (C=N–C) groups is 1. The Morgan fingerprint density at radius 1 is 1.23 bits per heavy atom. The number of ketones is 1. The minimum absolute atomic E-state index is 0.0181. The van der Waals surface area contributed by atoms with Crippen molar-refractivity contribution in [3.8, 4) is 5.75 Å². The average molecular weight is 405 g/mol. The van der Waals surface area contributed by atoms with Crippen LogP contribution >= 0.6 is 0 Å². The summed E-state index contributed by atoms with van der Waals surface area (Å²) < 4.78 is 16.3. The van der Waals surface area contributed by atoms with Crippen LogP contribution in [0.2, 0.25) is 0 Å². The molecular formula is C24H23NO5. The number of hydrogen-bond donors (Lipinski definition) is 0. The first-order valence-electron chi connectivity index (χ1n) is 10.2. The van der Waals surface area contributed by atoms with Gasteiger partial charge in [-0.3, -0.25) is 14.6 Å². The van der Waals surface area contributed by atoms with Crippen LogP contribution in [-0.4, -0.2) is 31.2 Å². The Morgan fingerprint density at radius 3 is 2.87 bits per heavy atom. The summed E-state index contributed by atoms with van der Waals surface area (Å²) in [6.07, 6.45) is 3.41. The third-order valence-electron chi connectivity index (χ3n) is 6.36. The molecule has 0 N–H and O–H groups in total. The van der Waals surface area contributed by atoms with Crippen molar-refractivity contribution in [2.75, 3.05) is 13.7 Å². The Morgan fingerprint density at radius 2 is 2.10 bits per heavy atom. The molecule has 2 aliphatic heterocycles. The molecule has 6 heteroatoms. The molecule has 3 atom stereocenters. The van der Waals surface area contributed by atoms with Gasteiger partial charge in [-0.05, 0) is 36.2 Å². The predicted molar refractivity (Wildman–Crippen MR) is 110 cm³/mol. The normalized spacial score (nSPS) is 25.3. The van der Waals surface area contributed by atoms with Gasteiger partial charge in [0.05, 0.1) is 20.0 Å². The summed E-state index contributed by atoms with van der Waals surface area (Å²) in [6, 6.07) is 9.70. The predicted octanol–water partition coefficient (Wildman–Crippen LogP) is 3.96. The van der Waals surface area contributed by atoms with Gasteiger partial charge in [-0.15, -0.1) is 0 Å². The van der Waals surface area contributed by atoms with E-state index in [2.05, 4.69) is 6.07 Å². The van der Waals surface area contributed by atoms with Crippen LogP contribution in [0.4, 0.5) is 0 Å². The fourth-order valence-electron chi connectivity index (χ4n) is 4.98. The van der Waals surface area contributed by atoms with Gasteiger partial charge in [0.2, 0.25) is 0 Å². The van der Waals surface area contributed by atoms with E-state index in [9.17, 15) is 9.59 Å². The molecule has 1 aromatic carbocycles. The summed E-state index contributed by atoms with van der Waals surface area (Å²) >= 11 is 0. The van der Waals surface area contributed by atoms with Crippen molar-refractivity contribution in [1.29, 1.82) is 0 Å². The zero-order valence-corrected chi connectivity index (χ0v) is 17.0. The number of carbonyl (C=O) groups is 2. The first-order chi connectivity index (χ1) is 14.6. The molecule has 0 fully saturated rings. The van der Waals surface area contributed by atoms with Crippen molar-refractivity contribution >= 4 is 17.5 Å². The van der Waals surface area contributed by atoms with Gasteiger partial charge in [0.15, 0.2) is 5.78 Å². The molecule has 0 spiro atoms. The second-order valence-corrected chi connectivity index (χ2v) is 8.10. The summed E-state index contributed by atoms with van der Waals surface area (Å²) in [6.45, 7) is 2.50. The lowest BCUT2D eigenvalue weighted by molar-refractivity contribution is -0.143. The second kappa shape index (κ2) is 7.27. The molecule has 1 aliphatic carbocycles. The maximum absolute atomic E-state index is 13.4. The average Bonchev–Trinajstić information content (AvgIpc) is 3.43. The summed E-state index contributed by atoms with van der Waals surface area (Å²) in [5.41, 5.74) is 4.11. The van der Waals surface area contributed by atoms with Crippen molar-refractivity contribution in [1.82, 2.24) is 0 Å². The van der Waals surface area contributed by atoms with E-state index >= 15 is 0 Å². The van der Waals surface area contributed by atoms with E-state index in [-0.39, 0.29) is 17.7 Å². The molecule has 3 aliphatic rings. The van der Waals surface area contributed by atoms with E-state index in [1.165, 1.54) is 7.11 Å².